The summed E-state index contributed by atoms with van der Waals surface area (Å²) in [5, 5.41) is 9.64. The molecule has 1 aliphatic rings. The molecule has 0 radical (unpaired) electrons. The lowest BCUT2D eigenvalue weighted by molar-refractivity contribution is 0.364. The topological polar surface area (TPSA) is 97.0 Å². The number of benzene rings is 1. The van der Waals surface area contributed by atoms with Crippen LogP contribution in [0.4, 0.5) is 0 Å². The van der Waals surface area contributed by atoms with Gasteiger partial charge in [-0.3, -0.25) is 0 Å². The van der Waals surface area contributed by atoms with Gasteiger partial charge in [0.05, 0.1) is 18.7 Å². The van der Waals surface area contributed by atoms with E-state index in [9.17, 15) is 5.26 Å². The Hall–Kier alpha value is -2.94. The molecule has 3 rings (SSSR count). The minimum absolute atomic E-state index is 0.0767. The van der Waals surface area contributed by atoms with Gasteiger partial charge in [0.2, 0.25) is 11.8 Å². The largest absolute Gasteiger partial charge is 0.468 e. The quantitative estimate of drug-likeness (QED) is 0.885. The van der Waals surface area contributed by atoms with Gasteiger partial charge < -0.3 is 20.2 Å². The van der Waals surface area contributed by atoms with Crippen LogP contribution in [0.3, 0.4) is 0 Å². The second kappa shape index (κ2) is 5.60. The fourth-order valence-electron chi connectivity index (χ4n) is 3.03. The number of ether oxygens (including phenoxy) is 2. The summed E-state index contributed by atoms with van der Waals surface area (Å²) in [6.45, 7) is 6.41. The zero-order valence-electron chi connectivity index (χ0n) is 14.2. The zero-order valence-corrected chi connectivity index (χ0v) is 14.2. The molecule has 0 spiro atoms. The Labute approximate surface area is 140 Å². The van der Waals surface area contributed by atoms with E-state index < -0.39 is 0 Å². The van der Waals surface area contributed by atoms with E-state index in [-0.39, 0.29) is 17.2 Å². The molecule has 3 N–H and O–H groups in total. The summed E-state index contributed by atoms with van der Waals surface area (Å²) in [5.74, 6) is 0.0514. The molecule has 0 saturated carbocycles. The smallest absolute Gasteiger partial charge is 0.296 e. The van der Waals surface area contributed by atoms with Crippen molar-refractivity contribution in [2.75, 3.05) is 7.11 Å². The van der Waals surface area contributed by atoms with Crippen LogP contribution in [-0.4, -0.2) is 17.1 Å². The van der Waals surface area contributed by atoms with Crippen molar-refractivity contribution in [3.05, 3.63) is 52.5 Å². The molecule has 1 aromatic heterocycles. The van der Waals surface area contributed by atoms with Crippen LogP contribution in [0.25, 0.3) is 0 Å². The number of nitriles is 1. The number of H-pyrrole nitrogens is 1. The molecule has 0 saturated heterocycles. The van der Waals surface area contributed by atoms with Crippen LogP contribution in [0, 0.1) is 11.3 Å². The van der Waals surface area contributed by atoms with Crippen molar-refractivity contribution in [1.29, 1.82) is 5.26 Å². The molecule has 2 aromatic rings. The second-order valence-electron chi connectivity index (χ2n) is 6.73. The van der Waals surface area contributed by atoms with E-state index >= 15 is 0 Å². The van der Waals surface area contributed by atoms with Crippen molar-refractivity contribution < 1.29 is 9.47 Å². The molecule has 124 valence electrons. The molecule has 2 heterocycles. The first-order chi connectivity index (χ1) is 11.4. The first-order valence-corrected chi connectivity index (χ1v) is 7.67. The van der Waals surface area contributed by atoms with Crippen molar-refractivity contribution in [2.45, 2.75) is 32.1 Å². The number of aromatic nitrogens is 2. The Balaban J connectivity index is 2.27. The molecule has 1 atom stereocenters. The van der Waals surface area contributed by atoms with Crippen molar-refractivity contribution in [2.24, 2.45) is 5.73 Å². The highest BCUT2D eigenvalue weighted by atomic mass is 16.5. The van der Waals surface area contributed by atoms with Crippen LogP contribution in [0.1, 0.15) is 43.5 Å². The summed E-state index contributed by atoms with van der Waals surface area (Å²) >= 11 is 0. The highest BCUT2D eigenvalue weighted by Crippen LogP contribution is 2.44. The number of allylic oxidation sites excluding steroid dienone is 1. The SMILES string of the molecule is COc1nc2c([nH]1)[C@@H](c1ccccc1C(C)(C)C)C(C#N)=C(N)O2. The van der Waals surface area contributed by atoms with Gasteiger partial charge in [0.15, 0.2) is 0 Å². The number of nitrogens with two attached hydrogens (primary N) is 1. The zero-order chi connectivity index (χ0) is 17.5. The van der Waals surface area contributed by atoms with Crippen LogP contribution in [0.5, 0.6) is 11.9 Å². The number of hydrogen-bond acceptors (Lipinski definition) is 5. The highest BCUT2D eigenvalue weighted by molar-refractivity contribution is 5.54. The third kappa shape index (κ3) is 2.48. The van der Waals surface area contributed by atoms with E-state index in [4.69, 9.17) is 15.2 Å². The summed E-state index contributed by atoms with van der Waals surface area (Å²) in [5.41, 5.74) is 9.07. The van der Waals surface area contributed by atoms with Gasteiger partial charge >= 0.3 is 0 Å². The summed E-state index contributed by atoms with van der Waals surface area (Å²) in [6, 6.07) is 10.6. The van der Waals surface area contributed by atoms with Gasteiger partial charge in [-0.15, -0.1) is 0 Å². The van der Waals surface area contributed by atoms with Gasteiger partial charge in [-0.1, -0.05) is 45.0 Å². The average Bonchev–Trinajstić information content (AvgIpc) is 2.95. The summed E-state index contributed by atoms with van der Waals surface area (Å²) in [4.78, 5) is 7.33. The number of aromatic amines is 1. The Morgan fingerprint density at radius 1 is 1.33 bits per heavy atom. The van der Waals surface area contributed by atoms with E-state index in [1.807, 2.05) is 18.2 Å². The normalized spacial score (nSPS) is 17.0. The maximum absolute atomic E-state index is 9.64. The number of rotatable bonds is 2. The number of methoxy groups -OCH3 is 1. The van der Waals surface area contributed by atoms with Crippen LogP contribution in [0.15, 0.2) is 35.7 Å². The molecular weight excluding hydrogens is 304 g/mol. The maximum atomic E-state index is 9.64. The third-order valence-corrected chi connectivity index (χ3v) is 4.12. The number of hydrogen-bond donors (Lipinski definition) is 2. The molecule has 0 aliphatic carbocycles. The lowest BCUT2D eigenvalue weighted by Gasteiger charge is -2.29. The van der Waals surface area contributed by atoms with Crippen molar-refractivity contribution in [3.63, 3.8) is 0 Å². The minimum atomic E-state index is -0.370. The number of nitrogens with one attached hydrogen (secondary N) is 1. The van der Waals surface area contributed by atoms with Crippen LogP contribution < -0.4 is 15.2 Å². The van der Waals surface area contributed by atoms with Crippen molar-refractivity contribution >= 4 is 0 Å². The summed E-state index contributed by atoms with van der Waals surface area (Å²) in [7, 11) is 1.52. The van der Waals surface area contributed by atoms with Crippen LogP contribution in [0.2, 0.25) is 0 Å². The molecule has 0 amide bonds. The number of fused-ring (bicyclic) bond motifs is 1. The van der Waals surface area contributed by atoms with Gasteiger partial charge in [-0.2, -0.15) is 10.2 Å². The van der Waals surface area contributed by atoms with Gasteiger partial charge in [0, 0.05) is 0 Å². The van der Waals surface area contributed by atoms with Crippen molar-refractivity contribution in [3.8, 4) is 18.0 Å². The Morgan fingerprint density at radius 3 is 2.67 bits per heavy atom. The standard InChI is InChI=1S/C18H20N4O2/c1-18(2,3)12-8-6-5-7-10(12)13-11(9-19)15(20)24-16-14(13)21-17(22-16)23-4/h5-8,13H,20H2,1-4H3,(H,21,22)/t13-/m0/s1. The number of nitrogens with zero attached hydrogens (tertiary/aromatic N) is 2. The van der Waals surface area contributed by atoms with E-state index in [1.54, 1.807) is 0 Å². The lowest BCUT2D eigenvalue weighted by atomic mass is 9.77. The van der Waals surface area contributed by atoms with Gasteiger partial charge in [-0.05, 0) is 16.5 Å². The maximum Gasteiger partial charge on any atom is 0.296 e. The predicted octanol–water partition coefficient (Wildman–Crippen LogP) is 2.93. The number of imidazole rings is 1. The Bertz CT molecular complexity index is 853. The minimum Gasteiger partial charge on any atom is -0.468 e. The van der Waals surface area contributed by atoms with E-state index in [1.165, 1.54) is 7.11 Å². The van der Waals surface area contributed by atoms with E-state index in [0.717, 1.165) is 11.1 Å². The first-order valence-electron chi connectivity index (χ1n) is 7.67. The molecule has 0 fully saturated rings. The molecule has 1 aliphatic heterocycles. The van der Waals surface area contributed by atoms with Crippen LogP contribution in [-0.2, 0) is 5.41 Å². The molecular formula is C18H20N4O2. The molecule has 0 unspecified atom stereocenters. The molecule has 0 bridgehead atoms. The lowest BCUT2D eigenvalue weighted by Crippen LogP contribution is -2.24. The van der Waals surface area contributed by atoms with Gasteiger partial charge in [0.1, 0.15) is 11.6 Å². The molecule has 24 heavy (non-hydrogen) atoms. The first kappa shape index (κ1) is 15.9. The fourth-order valence-corrected chi connectivity index (χ4v) is 3.03. The molecule has 1 aromatic carbocycles. The van der Waals surface area contributed by atoms with E-state index in [2.05, 4.69) is 42.9 Å². The highest BCUT2D eigenvalue weighted by Gasteiger charge is 2.36. The summed E-state index contributed by atoms with van der Waals surface area (Å²) in [6.07, 6.45) is 0. The second-order valence-corrected chi connectivity index (χ2v) is 6.73. The monoisotopic (exact) mass is 324 g/mol. The van der Waals surface area contributed by atoms with E-state index in [0.29, 0.717) is 23.2 Å². The third-order valence-electron chi connectivity index (χ3n) is 4.12. The average molecular weight is 324 g/mol. The summed E-state index contributed by atoms with van der Waals surface area (Å²) < 4.78 is 10.7. The van der Waals surface area contributed by atoms with Crippen molar-refractivity contribution in [1.82, 2.24) is 9.97 Å². The van der Waals surface area contributed by atoms with Gasteiger partial charge in [-0.25, -0.2) is 0 Å². The fraction of sp³-hybridized carbons (Fsp3) is 0.333. The van der Waals surface area contributed by atoms with Crippen LogP contribution >= 0.6 is 0 Å². The van der Waals surface area contributed by atoms with Gasteiger partial charge in [0.25, 0.3) is 6.01 Å². The Morgan fingerprint density at radius 2 is 2.04 bits per heavy atom. The Kier molecular flexibility index (Phi) is 3.72. The predicted molar refractivity (Wildman–Crippen MR) is 89.6 cm³/mol. The molecule has 6 heteroatoms. The molecule has 6 nitrogen and oxygen atoms in total.